The second kappa shape index (κ2) is 10.4. The summed E-state index contributed by atoms with van der Waals surface area (Å²) in [4.78, 5) is 39.3. The second-order valence-electron chi connectivity index (χ2n) is 7.32. The minimum absolute atomic E-state index is 0.0222. The highest BCUT2D eigenvalue weighted by molar-refractivity contribution is 7.17. The van der Waals surface area contributed by atoms with Crippen LogP contribution in [0, 0.1) is 6.92 Å². The highest BCUT2D eigenvalue weighted by atomic mass is 35.5. The Morgan fingerprint density at radius 2 is 2.06 bits per heavy atom. The first-order valence-corrected chi connectivity index (χ1v) is 11.7. The number of amides is 1. The fourth-order valence-corrected chi connectivity index (χ4v) is 4.90. The van der Waals surface area contributed by atoms with E-state index in [-0.39, 0.29) is 29.8 Å². The van der Waals surface area contributed by atoms with Crippen molar-refractivity contribution >= 4 is 39.9 Å². The molecular formula is C20H29ClN6O3S. The van der Waals surface area contributed by atoms with Gasteiger partial charge in [0.25, 0.3) is 5.91 Å². The number of carbonyl (C=O) groups is 2. The van der Waals surface area contributed by atoms with Crippen LogP contribution in [0.2, 0.25) is 5.15 Å². The van der Waals surface area contributed by atoms with Gasteiger partial charge in [0.15, 0.2) is 16.1 Å². The lowest BCUT2D eigenvalue weighted by Gasteiger charge is -2.39. The fraction of sp³-hybridized carbons (Fsp3) is 0.600. The van der Waals surface area contributed by atoms with E-state index >= 15 is 0 Å². The van der Waals surface area contributed by atoms with Gasteiger partial charge in [0.05, 0.1) is 18.0 Å². The van der Waals surface area contributed by atoms with Crippen molar-refractivity contribution in [1.82, 2.24) is 25.6 Å². The van der Waals surface area contributed by atoms with E-state index in [9.17, 15) is 9.59 Å². The first-order chi connectivity index (χ1) is 14.9. The van der Waals surface area contributed by atoms with E-state index in [0.717, 1.165) is 23.8 Å². The summed E-state index contributed by atoms with van der Waals surface area (Å²) in [5.74, 6) is -0.371. The second-order valence-corrected chi connectivity index (χ2v) is 8.65. The van der Waals surface area contributed by atoms with Gasteiger partial charge in [-0.05, 0) is 33.2 Å². The van der Waals surface area contributed by atoms with Gasteiger partial charge in [-0.2, -0.15) is 0 Å². The van der Waals surface area contributed by atoms with Gasteiger partial charge in [-0.1, -0.05) is 36.8 Å². The van der Waals surface area contributed by atoms with E-state index in [2.05, 4.69) is 30.5 Å². The van der Waals surface area contributed by atoms with Gasteiger partial charge in [0.1, 0.15) is 4.88 Å². The molecule has 3 heterocycles. The van der Waals surface area contributed by atoms with Crippen LogP contribution in [0.4, 0.5) is 5.13 Å². The van der Waals surface area contributed by atoms with Crippen LogP contribution in [-0.2, 0) is 11.2 Å². The number of imidazole rings is 1. The number of anilines is 1. The summed E-state index contributed by atoms with van der Waals surface area (Å²) in [6, 6.07) is -0.0442. The number of rotatable bonds is 8. The largest absolute Gasteiger partial charge is 0.462 e. The molecule has 0 spiro atoms. The number of nitrogens with zero attached hydrogens (tertiary/aromatic N) is 3. The highest BCUT2D eigenvalue weighted by Gasteiger charge is 2.32. The van der Waals surface area contributed by atoms with Crippen molar-refractivity contribution in [2.75, 3.05) is 31.1 Å². The molecule has 0 saturated carbocycles. The molecule has 2 atom stereocenters. The molecule has 3 rings (SSSR count). The topological polar surface area (TPSA) is 112 Å². The Morgan fingerprint density at radius 1 is 1.29 bits per heavy atom. The lowest BCUT2D eigenvalue weighted by molar-refractivity contribution is 0.0531. The number of piperidine rings is 1. The zero-order valence-corrected chi connectivity index (χ0v) is 19.8. The molecule has 1 fully saturated rings. The molecule has 9 nitrogen and oxygen atoms in total. The third kappa shape index (κ3) is 5.36. The van der Waals surface area contributed by atoms with Crippen molar-refractivity contribution in [3.05, 3.63) is 27.2 Å². The maximum atomic E-state index is 12.7. The molecule has 0 bridgehead atoms. The van der Waals surface area contributed by atoms with E-state index in [4.69, 9.17) is 16.3 Å². The lowest BCUT2D eigenvalue weighted by Crippen LogP contribution is -2.59. The Labute approximate surface area is 190 Å². The molecule has 3 N–H and O–H groups in total. The molecule has 11 heteroatoms. The normalized spacial score (nSPS) is 18.8. The molecular weight excluding hydrogens is 440 g/mol. The average molecular weight is 469 g/mol. The Morgan fingerprint density at radius 3 is 2.71 bits per heavy atom. The summed E-state index contributed by atoms with van der Waals surface area (Å²) in [6.45, 7) is 10.1. The van der Waals surface area contributed by atoms with Gasteiger partial charge in [-0.3, -0.25) is 4.79 Å². The number of esters is 1. The molecule has 2 aromatic rings. The Bertz CT molecular complexity index is 930. The number of aromatic amines is 1. The number of likely N-dealkylation sites (N-methyl/N-ethyl adjacent to an activating group) is 1. The van der Waals surface area contributed by atoms with Crippen LogP contribution in [0.5, 0.6) is 0 Å². The van der Waals surface area contributed by atoms with Gasteiger partial charge in [0, 0.05) is 25.2 Å². The van der Waals surface area contributed by atoms with Crippen molar-refractivity contribution in [2.45, 2.75) is 52.6 Å². The monoisotopic (exact) mass is 468 g/mol. The van der Waals surface area contributed by atoms with E-state index in [0.29, 0.717) is 41.8 Å². The predicted octanol–water partition coefficient (Wildman–Crippen LogP) is 2.55. The van der Waals surface area contributed by atoms with Gasteiger partial charge in [-0.15, -0.1) is 0 Å². The van der Waals surface area contributed by atoms with Crippen molar-refractivity contribution in [3.63, 3.8) is 0 Å². The number of thiazole rings is 1. The van der Waals surface area contributed by atoms with Gasteiger partial charge in [0.2, 0.25) is 0 Å². The Hall–Kier alpha value is -2.17. The van der Waals surface area contributed by atoms with E-state index in [1.807, 2.05) is 20.8 Å². The Balaban J connectivity index is 1.69. The summed E-state index contributed by atoms with van der Waals surface area (Å²) in [6.07, 6.45) is 1.41. The van der Waals surface area contributed by atoms with Gasteiger partial charge in [-0.25, -0.2) is 14.8 Å². The van der Waals surface area contributed by atoms with Crippen molar-refractivity contribution in [3.8, 4) is 0 Å². The minimum Gasteiger partial charge on any atom is -0.462 e. The third-order valence-corrected chi connectivity index (χ3v) is 6.72. The molecule has 1 saturated heterocycles. The summed E-state index contributed by atoms with van der Waals surface area (Å²) in [5.41, 5.74) is 1.43. The minimum atomic E-state index is -0.335. The van der Waals surface area contributed by atoms with Gasteiger partial charge >= 0.3 is 5.97 Å². The molecule has 31 heavy (non-hydrogen) atoms. The zero-order valence-electron chi connectivity index (χ0n) is 18.2. The number of hydrogen-bond donors (Lipinski definition) is 3. The Kier molecular flexibility index (Phi) is 7.90. The van der Waals surface area contributed by atoms with Crippen LogP contribution in [-0.4, -0.2) is 65.2 Å². The average Bonchev–Trinajstić information content (AvgIpc) is 3.32. The molecule has 1 aliphatic heterocycles. The molecule has 0 unspecified atom stereocenters. The van der Waals surface area contributed by atoms with Crippen molar-refractivity contribution < 1.29 is 14.3 Å². The molecule has 1 aliphatic rings. The smallest absolute Gasteiger partial charge is 0.350 e. The van der Waals surface area contributed by atoms with E-state index < -0.39 is 0 Å². The molecule has 170 valence electrons. The summed E-state index contributed by atoms with van der Waals surface area (Å²) >= 11 is 7.42. The third-order valence-electron chi connectivity index (χ3n) is 5.21. The predicted molar refractivity (Wildman–Crippen MR) is 121 cm³/mol. The van der Waals surface area contributed by atoms with Crippen LogP contribution in [0.15, 0.2) is 0 Å². The van der Waals surface area contributed by atoms with Crippen LogP contribution in [0.3, 0.4) is 0 Å². The van der Waals surface area contributed by atoms with Crippen LogP contribution in [0.1, 0.15) is 58.9 Å². The molecule has 0 radical (unpaired) electrons. The number of aromatic nitrogens is 3. The number of H-pyrrole nitrogens is 1. The standard InChI is InChI=1S/C20H29ClN6O3S/c1-5-12-16(21)26-17(24-12)18(28)25-13-8-9-27(10-14(13)22-6-2)20-23-11(4)15(31-20)19(29)30-7-3/h13-14,22H,5-10H2,1-4H3,(H,24,26)(H,25,28)/t13-,14-/m0/s1. The maximum absolute atomic E-state index is 12.7. The summed E-state index contributed by atoms with van der Waals surface area (Å²) in [5, 5.41) is 7.67. The molecule has 1 amide bonds. The first-order valence-electron chi connectivity index (χ1n) is 10.6. The quantitative estimate of drug-likeness (QED) is 0.510. The number of hydrogen-bond acceptors (Lipinski definition) is 8. The molecule has 2 aromatic heterocycles. The maximum Gasteiger partial charge on any atom is 0.350 e. The van der Waals surface area contributed by atoms with E-state index in [1.165, 1.54) is 11.3 Å². The number of ether oxygens (including phenoxy) is 1. The zero-order chi connectivity index (χ0) is 22.5. The molecule has 0 aliphatic carbocycles. The fourth-order valence-electron chi connectivity index (χ4n) is 3.64. The molecule has 0 aromatic carbocycles. The van der Waals surface area contributed by atoms with Gasteiger partial charge < -0.3 is 25.3 Å². The number of halogens is 1. The van der Waals surface area contributed by atoms with Crippen LogP contribution < -0.4 is 15.5 Å². The lowest BCUT2D eigenvalue weighted by atomic mass is 9.99. The first kappa shape index (κ1) is 23.5. The number of nitrogens with one attached hydrogen (secondary N) is 3. The number of carbonyl (C=O) groups excluding carboxylic acids is 2. The SMILES string of the molecule is CCN[C@H]1CN(c2nc(C)c(C(=O)OCC)s2)CC[C@@H]1NC(=O)c1nc(Cl)c(CC)[nH]1. The van der Waals surface area contributed by atoms with Crippen LogP contribution >= 0.6 is 22.9 Å². The summed E-state index contributed by atoms with van der Waals surface area (Å²) < 4.78 is 5.12. The van der Waals surface area contributed by atoms with Crippen molar-refractivity contribution in [2.24, 2.45) is 0 Å². The number of aryl methyl sites for hydroxylation is 2. The van der Waals surface area contributed by atoms with Crippen LogP contribution in [0.25, 0.3) is 0 Å². The highest BCUT2D eigenvalue weighted by Crippen LogP contribution is 2.29. The van der Waals surface area contributed by atoms with E-state index in [1.54, 1.807) is 6.92 Å². The van der Waals surface area contributed by atoms with Crippen molar-refractivity contribution in [1.29, 1.82) is 0 Å². The summed E-state index contributed by atoms with van der Waals surface area (Å²) in [7, 11) is 0.